The number of halogens is 1. The van der Waals surface area contributed by atoms with Crippen molar-refractivity contribution in [3.63, 3.8) is 0 Å². The maximum Gasteiger partial charge on any atom is 0.225 e. The number of hydrogen-bond acceptors (Lipinski definition) is 3. The molecule has 0 aliphatic carbocycles. The second-order valence-corrected chi connectivity index (χ2v) is 8.93. The van der Waals surface area contributed by atoms with Gasteiger partial charge in [-0.15, -0.1) is 0 Å². The first-order chi connectivity index (χ1) is 14.1. The van der Waals surface area contributed by atoms with Crippen LogP contribution < -0.4 is 0 Å². The van der Waals surface area contributed by atoms with Gasteiger partial charge in [-0.2, -0.15) is 0 Å². The summed E-state index contributed by atoms with van der Waals surface area (Å²) in [7, 11) is 2.14. The molecule has 0 N–H and O–H groups in total. The van der Waals surface area contributed by atoms with Gasteiger partial charge in [-0.25, -0.2) is 0 Å². The zero-order valence-electron chi connectivity index (χ0n) is 17.2. The van der Waals surface area contributed by atoms with Crippen LogP contribution in [0.15, 0.2) is 42.5 Å². The Balaban J connectivity index is 1.43. The molecule has 4 rings (SSSR count). The lowest BCUT2D eigenvalue weighted by atomic mass is 9.90. The quantitative estimate of drug-likeness (QED) is 0.749. The molecule has 1 atom stereocenters. The first-order valence-electron chi connectivity index (χ1n) is 10.8. The summed E-state index contributed by atoms with van der Waals surface area (Å²) in [5.74, 6) is 0.879. The van der Waals surface area contributed by atoms with E-state index in [1.54, 1.807) is 0 Å². The van der Waals surface area contributed by atoms with Gasteiger partial charge < -0.3 is 9.80 Å². The van der Waals surface area contributed by atoms with Crippen LogP contribution in [-0.2, 0) is 11.2 Å². The van der Waals surface area contributed by atoms with Crippen LogP contribution in [-0.4, -0.2) is 53.9 Å². The molecular weight excluding hydrogens is 382 g/mol. The average molecular weight is 412 g/mol. The number of hydrogen-bond donors (Lipinski definition) is 0. The fourth-order valence-corrected chi connectivity index (χ4v) is 4.80. The fourth-order valence-electron chi connectivity index (χ4n) is 4.59. The number of likely N-dealkylation sites (tertiary alicyclic amines) is 2. The van der Waals surface area contributed by atoms with Gasteiger partial charge in [0.1, 0.15) is 0 Å². The van der Waals surface area contributed by atoms with Crippen molar-refractivity contribution in [2.24, 2.45) is 5.92 Å². The summed E-state index contributed by atoms with van der Waals surface area (Å²) in [5.41, 5.74) is 3.24. The zero-order chi connectivity index (χ0) is 20.2. The number of rotatable bonds is 4. The van der Waals surface area contributed by atoms with Gasteiger partial charge in [0.2, 0.25) is 5.91 Å². The minimum Gasteiger partial charge on any atom is -0.342 e. The highest BCUT2D eigenvalue weighted by molar-refractivity contribution is 6.31. The van der Waals surface area contributed by atoms with Crippen LogP contribution in [0.3, 0.4) is 0 Å². The van der Waals surface area contributed by atoms with Gasteiger partial charge in [0.05, 0.1) is 0 Å². The van der Waals surface area contributed by atoms with Crippen molar-refractivity contribution in [1.82, 2.24) is 14.8 Å². The van der Waals surface area contributed by atoms with Gasteiger partial charge >= 0.3 is 0 Å². The lowest BCUT2D eigenvalue weighted by Crippen LogP contribution is -2.45. The normalized spacial score (nSPS) is 21.3. The fraction of sp³-hybridized carbons (Fsp3) is 0.500. The van der Waals surface area contributed by atoms with Crippen LogP contribution >= 0.6 is 11.6 Å². The molecule has 3 heterocycles. The number of carbonyl (C=O) groups is 1. The molecule has 0 spiro atoms. The smallest absolute Gasteiger partial charge is 0.225 e. The third-order valence-electron chi connectivity index (χ3n) is 6.38. The van der Waals surface area contributed by atoms with Crippen LogP contribution in [0.5, 0.6) is 0 Å². The molecule has 1 aromatic heterocycles. The van der Waals surface area contributed by atoms with E-state index < -0.39 is 0 Å². The molecule has 1 amide bonds. The Hall–Kier alpha value is -1.91. The minimum atomic E-state index is 0.199. The van der Waals surface area contributed by atoms with Crippen molar-refractivity contribution < 1.29 is 4.79 Å². The van der Waals surface area contributed by atoms with Crippen molar-refractivity contribution in [2.45, 2.75) is 38.0 Å². The highest BCUT2D eigenvalue weighted by atomic mass is 35.5. The summed E-state index contributed by atoms with van der Waals surface area (Å²) in [6.07, 6.45) is 4.86. The molecule has 2 saturated heterocycles. The number of amides is 1. The van der Waals surface area contributed by atoms with E-state index in [2.05, 4.69) is 41.1 Å². The van der Waals surface area contributed by atoms with Crippen LogP contribution in [0.25, 0.3) is 0 Å². The van der Waals surface area contributed by atoms with Crippen LogP contribution in [0.2, 0.25) is 5.02 Å². The van der Waals surface area contributed by atoms with Crippen molar-refractivity contribution in [1.29, 1.82) is 0 Å². The Morgan fingerprint density at radius 1 is 1.07 bits per heavy atom. The lowest BCUT2D eigenvalue weighted by molar-refractivity contribution is -0.138. The highest BCUT2D eigenvalue weighted by Crippen LogP contribution is 2.29. The molecule has 2 aromatic rings. The molecule has 5 heteroatoms. The summed E-state index contributed by atoms with van der Waals surface area (Å²) in [6, 6.07) is 14.2. The van der Waals surface area contributed by atoms with Crippen LogP contribution in [0, 0.1) is 5.92 Å². The molecule has 2 fully saturated rings. The minimum absolute atomic E-state index is 0.199. The summed E-state index contributed by atoms with van der Waals surface area (Å²) in [4.78, 5) is 22.4. The van der Waals surface area contributed by atoms with Gasteiger partial charge in [0, 0.05) is 47.8 Å². The van der Waals surface area contributed by atoms with E-state index in [1.165, 1.54) is 0 Å². The first-order valence-corrected chi connectivity index (χ1v) is 11.1. The molecule has 154 valence electrons. The Morgan fingerprint density at radius 2 is 1.86 bits per heavy atom. The number of carbonyl (C=O) groups excluding carboxylic acids is 1. The molecule has 0 radical (unpaired) electrons. The van der Waals surface area contributed by atoms with Crippen molar-refractivity contribution in [3.05, 3.63) is 64.4 Å². The molecule has 1 unspecified atom stereocenters. The number of aromatic nitrogens is 1. The van der Waals surface area contributed by atoms with Gasteiger partial charge in [0.15, 0.2) is 0 Å². The monoisotopic (exact) mass is 411 g/mol. The van der Waals surface area contributed by atoms with Gasteiger partial charge in [0.25, 0.3) is 0 Å². The summed E-state index contributed by atoms with van der Waals surface area (Å²) >= 11 is 6.32. The van der Waals surface area contributed by atoms with Gasteiger partial charge in [-0.05, 0) is 69.6 Å². The first kappa shape index (κ1) is 20.4. The van der Waals surface area contributed by atoms with E-state index >= 15 is 0 Å². The number of nitrogens with zero attached hydrogens (tertiary/aromatic N) is 3. The largest absolute Gasteiger partial charge is 0.342 e. The molecule has 4 nitrogen and oxygen atoms in total. The van der Waals surface area contributed by atoms with Crippen molar-refractivity contribution in [3.8, 4) is 0 Å². The molecule has 1 aromatic carbocycles. The topological polar surface area (TPSA) is 36.4 Å². The van der Waals surface area contributed by atoms with E-state index in [1.807, 2.05) is 18.2 Å². The van der Waals surface area contributed by atoms with Gasteiger partial charge in [-0.1, -0.05) is 35.9 Å². The van der Waals surface area contributed by atoms with Crippen LogP contribution in [0.1, 0.15) is 48.6 Å². The molecule has 0 bridgehead atoms. The maximum absolute atomic E-state index is 13.1. The van der Waals surface area contributed by atoms with Crippen molar-refractivity contribution in [2.75, 3.05) is 33.2 Å². The molecule has 0 saturated carbocycles. The number of benzene rings is 1. The number of piperidine rings is 2. The lowest BCUT2D eigenvalue weighted by Gasteiger charge is -2.37. The Labute approximate surface area is 178 Å². The van der Waals surface area contributed by atoms with E-state index in [0.29, 0.717) is 11.8 Å². The highest BCUT2D eigenvalue weighted by Gasteiger charge is 2.31. The molecule has 2 aliphatic heterocycles. The van der Waals surface area contributed by atoms with Gasteiger partial charge in [-0.3, -0.25) is 9.78 Å². The maximum atomic E-state index is 13.1. The Bertz CT molecular complexity index is 848. The summed E-state index contributed by atoms with van der Waals surface area (Å²) < 4.78 is 0. The number of pyridine rings is 1. The SMILES string of the molecule is CN1CCC(C(=O)N2CCCC(c3cccc(Cc4ccccc4Cl)n3)C2)CC1. The molecular formula is C24H30ClN3O. The Kier molecular flexibility index (Phi) is 6.51. The second kappa shape index (κ2) is 9.27. The van der Waals surface area contributed by atoms with E-state index in [4.69, 9.17) is 16.6 Å². The standard InChI is InChI=1S/C24H30ClN3O/c1-27-14-11-18(12-15-27)24(29)28-13-5-7-20(17-28)23-10-4-8-21(26-23)16-19-6-2-3-9-22(19)25/h2-4,6,8-10,18,20H,5,7,11-17H2,1H3. The third-order valence-corrected chi connectivity index (χ3v) is 6.75. The predicted octanol–water partition coefficient (Wildman–Crippen LogP) is 4.37. The van der Waals surface area contributed by atoms with Crippen LogP contribution in [0.4, 0.5) is 0 Å². The van der Waals surface area contributed by atoms with E-state index in [0.717, 1.165) is 80.3 Å². The predicted molar refractivity (Wildman–Crippen MR) is 117 cm³/mol. The third kappa shape index (κ3) is 4.99. The van der Waals surface area contributed by atoms with Crippen molar-refractivity contribution >= 4 is 17.5 Å². The Morgan fingerprint density at radius 3 is 2.66 bits per heavy atom. The van der Waals surface area contributed by atoms with E-state index in [-0.39, 0.29) is 5.92 Å². The molecule has 29 heavy (non-hydrogen) atoms. The summed E-state index contributed by atoms with van der Waals surface area (Å²) in [6.45, 7) is 3.74. The average Bonchev–Trinajstić information content (AvgIpc) is 2.76. The second-order valence-electron chi connectivity index (χ2n) is 8.52. The summed E-state index contributed by atoms with van der Waals surface area (Å²) in [5, 5.41) is 0.785. The van der Waals surface area contributed by atoms with E-state index in [9.17, 15) is 4.79 Å². The zero-order valence-corrected chi connectivity index (χ0v) is 17.9. The molecule has 2 aliphatic rings.